The molecule has 0 aromatic heterocycles. The van der Waals surface area contributed by atoms with Crippen LogP contribution in [0.2, 0.25) is 0 Å². The van der Waals surface area contributed by atoms with Gasteiger partial charge >= 0.3 is 0 Å². The second kappa shape index (κ2) is 4.13. The molecule has 1 saturated carbocycles. The highest BCUT2D eigenvalue weighted by Gasteiger charge is 2.16. The zero-order chi connectivity index (χ0) is 8.27. The van der Waals surface area contributed by atoms with Crippen LogP contribution in [0, 0.1) is 17.8 Å². The lowest BCUT2D eigenvalue weighted by molar-refractivity contribution is 0.311. The van der Waals surface area contributed by atoms with Gasteiger partial charge in [-0.15, -0.1) is 0 Å². The Morgan fingerprint density at radius 2 is 1.64 bits per heavy atom. The second-order valence-electron chi connectivity index (χ2n) is 4.34. The predicted octanol–water partition coefficient (Wildman–Crippen LogP) is 3.82. The molecular formula is C11H21. The zero-order valence-corrected chi connectivity index (χ0v) is 8.19. The fourth-order valence-electron chi connectivity index (χ4n) is 1.89. The van der Waals surface area contributed by atoms with Crippen LogP contribution in [-0.2, 0) is 0 Å². The van der Waals surface area contributed by atoms with Crippen molar-refractivity contribution in [2.45, 2.75) is 52.9 Å². The average molecular weight is 153 g/mol. The van der Waals surface area contributed by atoms with E-state index in [1.807, 2.05) is 0 Å². The molecular weight excluding hydrogens is 132 g/mol. The van der Waals surface area contributed by atoms with Crippen LogP contribution in [0.25, 0.3) is 0 Å². The SMILES string of the molecule is C[C]1CCCC(C)C(C)CC1. The summed E-state index contributed by atoms with van der Waals surface area (Å²) < 4.78 is 0. The van der Waals surface area contributed by atoms with Crippen molar-refractivity contribution >= 4 is 0 Å². The summed E-state index contributed by atoms with van der Waals surface area (Å²) in [5.41, 5.74) is 0. The maximum absolute atomic E-state index is 2.41. The van der Waals surface area contributed by atoms with E-state index in [1.54, 1.807) is 5.92 Å². The summed E-state index contributed by atoms with van der Waals surface area (Å²) in [6, 6.07) is 0. The molecule has 2 atom stereocenters. The van der Waals surface area contributed by atoms with Gasteiger partial charge in [-0.1, -0.05) is 33.6 Å². The third-order valence-electron chi connectivity index (χ3n) is 3.26. The third-order valence-corrected chi connectivity index (χ3v) is 3.26. The van der Waals surface area contributed by atoms with Gasteiger partial charge in [0.05, 0.1) is 0 Å². The van der Waals surface area contributed by atoms with E-state index in [0.29, 0.717) is 0 Å². The molecule has 1 fully saturated rings. The quantitative estimate of drug-likeness (QED) is 0.496. The van der Waals surface area contributed by atoms with Crippen molar-refractivity contribution in [2.24, 2.45) is 11.8 Å². The van der Waals surface area contributed by atoms with E-state index in [-0.39, 0.29) is 0 Å². The van der Waals surface area contributed by atoms with Crippen molar-refractivity contribution in [2.75, 3.05) is 0 Å². The Morgan fingerprint density at radius 3 is 2.36 bits per heavy atom. The van der Waals surface area contributed by atoms with Crippen molar-refractivity contribution in [1.29, 1.82) is 0 Å². The minimum absolute atomic E-state index is 0.949. The molecule has 0 N–H and O–H groups in total. The van der Waals surface area contributed by atoms with Crippen LogP contribution in [0.3, 0.4) is 0 Å². The van der Waals surface area contributed by atoms with Crippen molar-refractivity contribution in [3.8, 4) is 0 Å². The minimum Gasteiger partial charge on any atom is -0.0623 e. The number of hydrogen-bond acceptors (Lipinski definition) is 0. The topological polar surface area (TPSA) is 0 Å². The largest absolute Gasteiger partial charge is 0.0623 e. The second-order valence-corrected chi connectivity index (χ2v) is 4.34. The van der Waals surface area contributed by atoms with Crippen LogP contribution < -0.4 is 0 Å². The molecule has 1 aliphatic rings. The first-order valence-corrected chi connectivity index (χ1v) is 5.01. The normalized spacial score (nSPS) is 36.3. The fraction of sp³-hybridized carbons (Fsp3) is 0.909. The van der Waals surface area contributed by atoms with Gasteiger partial charge in [-0.3, -0.25) is 0 Å². The van der Waals surface area contributed by atoms with E-state index in [2.05, 4.69) is 20.8 Å². The summed E-state index contributed by atoms with van der Waals surface area (Å²) in [5.74, 6) is 3.64. The molecule has 0 saturated heterocycles. The molecule has 0 spiro atoms. The van der Waals surface area contributed by atoms with Gasteiger partial charge in [-0.2, -0.15) is 0 Å². The lowest BCUT2D eigenvalue weighted by atomic mass is 9.81. The summed E-state index contributed by atoms with van der Waals surface area (Å²) in [6.45, 7) is 7.14. The van der Waals surface area contributed by atoms with Crippen LogP contribution in [0.4, 0.5) is 0 Å². The van der Waals surface area contributed by atoms with Crippen molar-refractivity contribution in [1.82, 2.24) is 0 Å². The number of hydrogen-bond donors (Lipinski definition) is 0. The molecule has 0 amide bonds. The maximum atomic E-state index is 2.41. The predicted molar refractivity (Wildman–Crippen MR) is 50.3 cm³/mol. The first-order valence-electron chi connectivity index (χ1n) is 5.01. The molecule has 1 aliphatic carbocycles. The Morgan fingerprint density at radius 1 is 1.00 bits per heavy atom. The van der Waals surface area contributed by atoms with Gasteiger partial charge in [0, 0.05) is 0 Å². The molecule has 0 aromatic rings. The highest BCUT2D eigenvalue weighted by Crippen LogP contribution is 2.30. The smallest absolute Gasteiger partial charge is 0.0272 e. The number of rotatable bonds is 0. The van der Waals surface area contributed by atoms with Gasteiger partial charge < -0.3 is 0 Å². The molecule has 11 heavy (non-hydrogen) atoms. The molecule has 2 unspecified atom stereocenters. The monoisotopic (exact) mass is 153 g/mol. The van der Waals surface area contributed by atoms with Crippen LogP contribution in [0.1, 0.15) is 52.9 Å². The molecule has 0 heteroatoms. The van der Waals surface area contributed by atoms with Crippen LogP contribution in [0.15, 0.2) is 0 Å². The van der Waals surface area contributed by atoms with E-state index in [0.717, 1.165) is 11.8 Å². The van der Waals surface area contributed by atoms with Crippen molar-refractivity contribution in [3.05, 3.63) is 5.92 Å². The molecule has 1 radical (unpaired) electrons. The molecule has 65 valence electrons. The Hall–Kier alpha value is 0. The van der Waals surface area contributed by atoms with Gasteiger partial charge in [0.2, 0.25) is 0 Å². The third kappa shape index (κ3) is 2.84. The Kier molecular flexibility index (Phi) is 3.42. The van der Waals surface area contributed by atoms with E-state index >= 15 is 0 Å². The molecule has 0 aromatic carbocycles. The first-order chi connectivity index (χ1) is 5.20. The first kappa shape index (κ1) is 9.09. The molecule has 1 rings (SSSR count). The Balaban J connectivity index is 2.34. The average Bonchev–Trinajstić information content (AvgIpc) is 1.98. The zero-order valence-electron chi connectivity index (χ0n) is 8.19. The van der Waals surface area contributed by atoms with Gasteiger partial charge in [0.25, 0.3) is 0 Å². The van der Waals surface area contributed by atoms with Crippen LogP contribution in [-0.4, -0.2) is 0 Å². The van der Waals surface area contributed by atoms with Gasteiger partial charge in [0.1, 0.15) is 0 Å². The van der Waals surface area contributed by atoms with Gasteiger partial charge in [0.15, 0.2) is 0 Å². The Bertz CT molecular complexity index is 107. The summed E-state index contributed by atoms with van der Waals surface area (Å²) in [6.07, 6.45) is 7.06. The van der Waals surface area contributed by atoms with E-state index < -0.39 is 0 Å². The van der Waals surface area contributed by atoms with Crippen molar-refractivity contribution < 1.29 is 0 Å². The van der Waals surface area contributed by atoms with Crippen LogP contribution in [0.5, 0.6) is 0 Å². The molecule has 0 nitrogen and oxygen atoms in total. The van der Waals surface area contributed by atoms with Crippen molar-refractivity contribution in [3.63, 3.8) is 0 Å². The summed E-state index contributed by atoms with van der Waals surface area (Å²) in [5, 5.41) is 0. The summed E-state index contributed by atoms with van der Waals surface area (Å²) in [4.78, 5) is 0. The lowest BCUT2D eigenvalue weighted by Gasteiger charge is -2.25. The van der Waals surface area contributed by atoms with Crippen LogP contribution >= 0.6 is 0 Å². The Labute approximate surface area is 71.4 Å². The lowest BCUT2D eigenvalue weighted by Crippen LogP contribution is -2.12. The molecule has 0 bridgehead atoms. The fourth-order valence-corrected chi connectivity index (χ4v) is 1.89. The maximum Gasteiger partial charge on any atom is -0.0272 e. The highest BCUT2D eigenvalue weighted by molar-refractivity contribution is 4.86. The highest BCUT2D eigenvalue weighted by atomic mass is 14.2. The van der Waals surface area contributed by atoms with Gasteiger partial charge in [-0.25, -0.2) is 0 Å². The minimum atomic E-state index is 0.949. The molecule has 0 heterocycles. The van der Waals surface area contributed by atoms with E-state index in [9.17, 15) is 0 Å². The van der Waals surface area contributed by atoms with E-state index in [1.165, 1.54) is 32.1 Å². The summed E-state index contributed by atoms with van der Waals surface area (Å²) in [7, 11) is 0. The van der Waals surface area contributed by atoms with Gasteiger partial charge in [-0.05, 0) is 37.0 Å². The molecule has 0 aliphatic heterocycles. The standard InChI is InChI=1S/C11H21/c1-9-5-4-6-10(2)11(3)8-7-9/h10-11H,4-8H2,1-3H3. The summed E-state index contributed by atoms with van der Waals surface area (Å²) >= 11 is 0. The van der Waals surface area contributed by atoms with E-state index in [4.69, 9.17) is 0 Å².